The van der Waals surface area contributed by atoms with Gasteiger partial charge in [0.15, 0.2) is 11.5 Å². The molecule has 0 saturated heterocycles. The van der Waals surface area contributed by atoms with Gasteiger partial charge in [0, 0.05) is 28.4 Å². The van der Waals surface area contributed by atoms with Gasteiger partial charge in [0.2, 0.25) is 0 Å². The Bertz CT molecular complexity index is 907. The van der Waals surface area contributed by atoms with Gasteiger partial charge in [-0.05, 0) is 49.3 Å². The molecular weight excluding hydrogens is 362 g/mol. The highest BCUT2D eigenvalue weighted by Gasteiger charge is 2.06. The molecule has 0 spiro atoms. The van der Waals surface area contributed by atoms with Crippen molar-refractivity contribution in [2.24, 2.45) is 0 Å². The van der Waals surface area contributed by atoms with Gasteiger partial charge in [-0.15, -0.1) is 0 Å². The van der Waals surface area contributed by atoms with Crippen molar-refractivity contribution in [1.82, 2.24) is 14.7 Å². The monoisotopic (exact) mass is 383 g/mol. The molecule has 0 aliphatic carbocycles. The van der Waals surface area contributed by atoms with Crippen LogP contribution in [0.3, 0.4) is 0 Å². The van der Waals surface area contributed by atoms with Crippen LogP contribution in [0.1, 0.15) is 0 Å². The lowest BCUT2D eigenvalue weighted by Gasteiger charge is -2.12. The zero-order valence-electron chi connectivity index (χ0n) is 15.3. The first-order valence-corrected chi connectivity index (χ1v) is 9.05. The van der Waals surface area contributed by atoms with Gasteiger partial charge in [0.1, 0.15) is 18.0 Å². The lowest BCUT2D eigenvalue weighted by molar-refractivity contribution is 0.355. The zero-order valence-corrected chi connectivity index (χ0v) is 16.1. The number of hydrogen-bond donors (Lipinski definition) is 3. The predicted molar refractivity (Wildman–Crippen MR) is 110 cm³/mol. The molecule has 1 heterocycles. The van der Waals surface area contributed by atoms with Gasteiger partial charge in [0.25, 0.3) is 0 Å². The number of hydrogen-bond acceptors (Lipinski definition) is 8. The van der Waals surface area contributed by atoms with Crippen molar-refractivity contribution in [1.29, 1.82) is 0 Å². The molecule has 0 amide bonds. The summed E-state index contributed by atoms with van der Waals surface area (Å²) in [6.45, 7) is 0. The van der Waals surface area contributed by atoms with Crippen LogP contribution < -0.4 is 24.8 Å². The Kier molecular flexibility index (Phi) is 6.35. The average molecular weight is 383 g/mol. The standard InChI is InChI=1S/C19H21N5O2S/c1-20-27-15-6-4-5-13(9-15)23-18-11-19(22-12-21-18)24-14-7-8-16(25-2)17(10-14)26-3/h4-12,20H,1-3H3,(H2,21,22,23,24). The van der Waals surface area contributed by atoms with Crippen LogP contribution in [-0.4, -0.2) is 31.2 Å². The molecule has 2 aromatic carbocycles. The zero-order chi connectivity index (χ0) is 19.1. The fraction of sp³-hybridized carbons (Fsp3) is 0.158. The predicted octanol–water partition coefficient (Wildman–Crippen LogP) is 4.21. The summed E-state index contributed by atoms with van der Waals surface area (Å²) in [5.74, 6) is 2.68. The van der Waals surface area contributed by atoms with Crippen molar-refractivity contribution in [2.45, 2.75) is 4.90 Å². The molecule has 3 aromatic rings. The maximum atomic E-state index is 5.33. The summed E-state index contributed by atoms with van der Waals surface area (Å²) >= 11 is 1.55. The van der Waals surface area contributed by atoms with Gasteiger partial charge >= 0.3 is 0 Å². The lowest BCUT2D eigenvalue weighted by atomic mass is 10.2. The third kappa shape index (κ3) is 5.02. The smallest absolute Gasteiger partial charge is 0.162 e. The second-order valence-electron chi connectivity index (χ2n) is 5.44. The molecule has 140 valence electrons. The van der Waals surface area contributed by atoms with Gasteiger partial charge in [0.05, 0.1) is 14.2 Å². The second-order valence-corrected chi connectivity index (χ2v) is 6.53. The van der Waals surface area contributed by atoms with Crippen LogP contribution in [0.4, 0.5) is 23.0 Å². The van der Waals surface area contributed by atoms with E-state index in [-0.39, 0.29) is 0 Å². The maximum Gasteiger partial charge on any atom is 0.162 e. The summed E-state index contributed by atoms with van der Waals surface area (Å²) in [6.07, 6.45) is 1.51. The number of benzene rings is 2. The number of aromatic nitrogens is 2. The minimum atomic E-state index is 0.647. The van der Waals surface area contributed by atoms with Crippen LogP contribution in [0.25, 0.3) is 0 Å². The first-order chi connectivity index (χ1) is 13.2. The number of nitrogens with zero attached hydrogens (tertiary/aromatic N) is 2. The first kappa shape index (κ1) is 18.8. The minimum absolute atomic E-state index is 0.647. The summed E-state index contributed by atoms with van der Waals surface area (Å²) in [5.41, 5.74) is 1.79. The Labute approximate surface area is 162 Å². The van der Waals surface area contributed by atoms with Crippen molar-refractivity contribution in [3.8, 4) is 11.5 Å². The molecule has 0 bridgehead atoms. The summed E-state index contributed by atoms with van der Waals surface area (Å²) in [7, 11) is 5.10. The normalized spacial score (nSPS) is 10.3. The molecule has 0 aliphatic heterocycles. The summed E-state index contributed by atoms with van der Waals surface area (Å²) in [5, 5.41) is 6.54. The van der Waals surface area contributed by atoms with E-state index < -0.39 is 0 Å². The molecule has 27 heavy (non-hydrogen) atoms. The highest BCUT2D eigenvalue weighted by Crippen LogP contribution is 2.31. The topological polar surface area (TPSA) is 80.3 Å². The minimum Gasteiger partial charge on any atom is -0.493 e. The number of anilines is 4. The van der Waals surface area contributed by atoms with Gasteiger partial charge < -0.3 is 20.1 Å². The van der Waals surface area contributed by atoms with Crippen molar-refractivity contribution in [2.75, 3.05) is 31.9 Å². The molecule has 0 aliphatic rings. The Hall–Kier alpha value is -2.97. The van der Waals surface area contributed by atoms with E-state index in [2.05, 4.69) is 25.3 Å². The van der Waals surface area contributed by atoms with E-state index in [0.29, 0.717) is 23.1 Å². The fourth-order valence-corrected chi connectivity index (χ4v) is 3.03. The van der Waals surface area contributed by atoms with Crippen molar-refractivity contribution in [3.05, 3.63) is 54.9 Å². The van der Waals surface area contributed by atoms with Crippen molar-refractivity contribution in [3.63, 3.8) is 0 Å². The largest absolute Gasteiger partial charge is 0.493 e. The fourth-order valence-electron chi connectivity index (χ4n) is 2.46. The van der Waals surface area contributed by atoms with E-state index in [0.717, 1.165) is 16.3 Å². The van der Waals surface area contributed by atoms with Crippen molar-refractivity contribution < 1.29 is 9.47 Å². The Balaban J connectivity index is 1.75. The second kappa shape index (κ2) is 9.11. The Morgan fingerprint density at radius 3 is 2.19 bits per heavy atom. The summed E-state index contributed by atoms with van der Waals surface area (Å²) < 4.78 is 13.7. The van der Waals surface area contributed by atoms with E-state index in [1.807, 2.05) is 55.6 Å². The van der Waals surface area contributed by atoms with Crippen LogP contribution in [0.15, 0.2) is 59.8 Å². The van der Waals surface area contributed by atoms with Gasteiger partial charge in [-0.3, -0.25) is 4.72 Å². The maximum absolute atomic E-state index is 5.33. The Morgan fingerprint density at radius 2 is 1.52 bits per heavy atom. The molecular formula is C19H21N5O2S. The van der Waals surface area contributed by atoms with Gasteiger partial charge in [-0.2, -0.15) is 0 Å². The molecule has 0 saturated carbocycles. The van der Waals surface area contributed by atoms with E-state index in [9.17, 15) is 0 Å². The van der Waals surface area contributed by atoms with Crippen LogP contribution >= 0.6 is 11.9 Å². The molecule has 0 fully saturated rings. The first-order valence-electron chi connectivity index (χ1n) is 8.23. The van der Waals surface area contributed by atoms with Crippen molar-refractivity contribution >= 4 is 35.0 Å². The number of ether oxygens (including phenoxy) is 2. The average Bonchev–Trinajstić information content (AvgIpc) is 2.69. The number of methoxy groups -OCH3 is 2. The molecule has 0 radical (unpaired) electrons. The highest BCUT2D eigenvalue weighted by molar-refractivity contribution is 7.97. The SMILES string of the molecule is CNSc1cccc(Nc2cc(Nc3ccc(OC)c(OC)c3)ncn2)c1. The lowest BCUT2D eigenvalue weighted by Crippen LogP contribution is -1.99. The van der Waals surface area contributed by atoms with E-state index in [4.69, 9.17) is 9.47 Å². The van der Waals surface area contributed by atoms with Gasteiger partial charge in [-0.1, -0.05) is 6.07 Å². The molecule has 3 rings (SSSR count). The van der Waals surface area contributed by atoms with Crippen LogP contribution in [0, 0.1) is 0 Å². The molecule has 0 unspecified atom stereocenters. The third-order valence-corrected chi connectivity index (χ3v) is 4.34. The third-order valence-electron chi connectivity index (χ3n) is 3.65. The molecule has 1 aromatic heterocycles. The quantitative estimate of drug-likeness (QED) is 0.499. The highest BCUT2D eigenvalue weighted by atomic mass is 32.2. The van der Waals surface area contributed by atoms with E-state index >= 15 is 0 Å². The molecule has 8 heteroatoms. The van der Waals surface area contributed by atoms with Crippen LogP contribution in [-0.2, 0) is 0 Å². The van der Waals surface area contributed by atoms with Crippen LogP contribution in [0.2, 0.25) is 0 Å². The number of nitrogens with one attached hydrogen (secondary N) is 3. The van der Waals surface area contributed by atoms with Gasteiger partial charge in [-0.25, -0.2) is 9.97 Å². The van der Waals surface area contributed by atoms with E-state index in [1.54, 1.807) is 26.2 Å². The van der Waals surface area contributed by atoms with Crippen LogP contribution in [0.5, 0.6) is 11.5 Å². The molecule has 3 N–H and O–H groups in total. The number of rotatable bonds is 8. The molecule has 0 atom stereocenters. The van der Waals surface area contributed by atoms with E-state index in [1.165, 1.54) is 6.33 Å². The summed E-state index contributed by atoms with van der Waals surface area (Å²) in [4.78, 5) is 9.67. The Morgan fingerprint density at radius 1 is 0.815 bits per heavy atom. The molecule has 7 nitrogen and oxygen atoms in total. The summed E-state index contributed by atoms with van der Waals surface area (Å²) in [6, 6.07) is 15.5.